The predicted octanol–water partition coefficient (Wildman–Crippen LogP) is 2.70. The average molecular weight is 282 g/mol. The Labute approximate surface area is 116 Å². The van der Waals surface area contributed by atoms with Crippen LogP contribution in [0.1, 0.15) is 49.7 Å². The van der Waals surface area contributed by atoms with E-state index in [0.29, 0.717) is 17.4 Å². The smallest absolute Gasteiger partial charge is 0.277 e. The van der Waals surface area contributed by atoms with Gasteiger partial charge in [-0.25, -0.2) is 4.98 Å². The van der Waals surface area contributed by atoms with Crippen LogP contribution < -0.4 is 5.73 Å². The lowest BCUT2D eigenvalue weighted by atomic mass is 10.2. The van der Waals surface area contributed by atoms with E-state index in [-0.39, 0.29) is 12.1 Å². The second-order valence-corrected chi connectivity index (χ2v) is 5.22. The first kappa shape index (κ1) is 14.1. The lowest BCUT2D eigenvalue weighted by molar-refractivity contribution is 0.0854. The molecule has 0 aliphatic carbocycles. The third-order valence-corrected chi connectivity index (χ3v) is 3.74. The Hall–Kier alpha value is -1.31. The molecule has 2 unspecified atom stereocenters. The largest absolute Gasteiger partial charge is 0.373 e. The van der Waals surface area contributed by atoms with Crippen LogP contribution in [0.3, 0.4) is 0 Å². The van der Waals surface area contributed by atoms with Gasteiger partial charge < -0.3 is 15.0 Å². The molecule has 0 amide bonds. The molecule has 2 aromatic rings. The van der Waals surface area contributed by atoms with E-state index in [2.05, 4.69) is 22.0 Å². The summed E-state index contributed by atoms with van der Waals surface area (Å²) in [6.07, 6.45) is 1.72. The van der Waals surface area contributed by atoms with Crippen molar-refractivity contribution >= 4 is 11.3 Å². The third kappa shape index (κ3) is 3.17. The predicted molar refractivity (Wildman–Crippen MR) is 72.7 cm³/mol. The van der Waals surface area contributed by atoms with Gasteiger partial charge in [-0.1, -0.05) is 18.5 Å². The van der Waals surface area contributed by atoms with Crippen LogP contribution in [-0.2, 0) is 4.74 Å². The Morgan fingerprint density at radius 2 is 2.26 bits per heavy atom. The van der Waals surface area contributed by atoms with Crippen LogP contribution in [0, 0.1) is 0 Å². The maximum absolute atomic E-state index is 5.78. The van der Waals surface area contributed by atoms with E-state index in [4.69, 9.17) is 15.0 Å². The fraction of sp³-hybridized carbons (Fsp3) is 0.583. The molecule has 19 heavy (non-hydrogen) atoms. The van der Waals surface area contributed by atoms with Gasteiger partial charge in [0.1, 0.15) is 16.8 Å². The van der Waals surface area contributed by atoms with Crippen molar-refractivity contribution in [3.05, 3.63) is 16.2 Å². The highest BCUT2D eigenvalue weighted by molar-refractivity contribution is 7.10. The van der Waals surface area contributed by atoms with Gasteiger partial charge in [0, 0.05) is 12.5 Å². The third-order valence-electron chi connectivity index (χ3n) is 2.70. The minimum atomic E-state index is -0.131. The molecule has 2 aromatic heterocycles. The molecule has 2 N–H and O–H groups in total. The van der Waals surface area contributed by atoms with Crippen LogP contribution in [-0.4, -0.2) is 22.2 Å². The molecule has 0 aliphatic rings. The number of methoxy groups -OCH3 is 1. The summed E-state index contributed by atoms with van der Waals surface area (Å²) < 4.78 is 10.6. The molecule has 0 bridgehead atoms. The molecule has 7 heteroatoms. The van der Waals surface area contributed by atoms with Gasteiger partial charge in [0.2, 0.25) is 5.82 Å². The summed E-state index contributed by atoms with van der Waals surface area (Å²) in [5.74, 6) is 0.978. The second-order valence-electron chi connectivity index (χ2n) is 4.33. The molecule has 0 radical (unpaired) electrons. The molecule has 2 atom stereocenters. The topological polar surface area (TPSA) is 87.1 Å². The van der Waals surface area contributed by atoms with Crippen LogP contribution in [0.25, 0.3) is 11.6 Å². The summed E-state index contributed by atoms with van der Waals surface area (Å²) in [4.78, 5) is 8.72. The highest BCUT2D eigenvalue weighted by atomic mass is 32.1. The normalized spacial score (nSPS) is 14.5. The SMILES string of the molecule is CCCC(OC)c1noc(-c2csc(C(C)N)n2)n1. The number of rotatable bonds is 6. The summed E-state index contributed by atoms with van der Waals surface area (Å²) in [6, 6.07) is -0.0899. The Balaban J connectivity index is 2.19. The number of hydrogen-bond donors (Lipinski definition) is 1. The van der Waals surface area contributed by atoms with Crippen molar-refractivity contribution in [2.45, 2.75) is 38.8 Å². The van der Waals surface area contributed by atoms with E-state index in [0.717, 1.165) is 17.8 Å². The van der Waals surface area contributed by atoms with Gasteiger partial charge in [-0.15, -0.1) is 11.3 Å². The van der Waals surface area contributed by atoms with Crippen molar-refractivity contribution in [1.29, 1.82) is 0 Å². The first-order valence-electron chi connectivity index (χ1n) is 6.23. The lowest BCUT2D eigenvalue weighted by Gasteiger charge is -2.08. The van der Waals surface area contributed by atoms with E-state index in [1.807, 2.05) is 12.3 Å². The van der Waals surface area contributed by atoms with Gasteiger partial charge in [0.15, 0.2) is 0 Å². The molecule has 0 saturated heterocycles. The van der Waals surface area contributed by atoms with Crippen molar-refractivity contribution < 1.29 is 9.26 Å². The van der Waals surface area contributed by atoms with Gasteiger partial charge in [-0.2, -0.15) is 4.98 Å². The van der Waals surface area contributed by atoms with Crippen molar-refractivity contribution in [2.24, 2.45) is 5.73 Å². The van der Waals surface area contributed by atoms with E-state index in [9.17, 15) is 0 Å². The van der Waals surface area contributed by atoms with Crippen molar-refractivity contribution in [3.63, 3.8) is 0 Å². The fourth-order valence-corrected chi connectivity index (χ4v) is 2.43. The van der Waals surface area contributed by atoms with Crippen molar-refractivity contribution in [1.82, 2.24) is 15.1 Å². The average Bonchev–Trinajstić information content (AvgIpc) is 3.03. The number of thiazole rings is 1. The standard InChI is InChI=1S/C12H18N4O2S/c1-4-5-9(17-3)10-15-11(18-16-10)8-6-19-12(14-8)7(2)13/h6-7,9H,4-5,13H2,1-3H3. The minimum absolute atomic E-state index is 0.0899. The molecular formula is C12H18N4O2S. The lowest BCUT2D eigenvalue weighted by Crippen LogP contribution is -2.04. The van der Waals surface area contributed by atoms with E-state index in [1.165, 1.54) is 11.3 Å². The monoisotopic (exact) mass is 282 g/mol. The minimum Gasteiger partial charge on any atom is -0.373 e. The quantitative estimate of drug-likeness (QED) is 0.876. The number of nitrogens with two attached hydrogens (primary N) is 1. The zero-order valence-corrected chi connectivity index (χ0v) is 12.1. The molecule has 0 saturated carbocycles. The summed E-state index contributed by atoms with van der Waals surface area (Å²) in [5.41, 5.74) is 6.45. The Morgan fingerprint density at radius 1 is 1.47 bits per heavy atom. The zero-order valence-electron chi connectivity index (χ0n) is 11.3. The molecule has 104 valence electrons. The molecule has 0 aromatic carbocycles. The number of nitrogens with zero attached hydrogens (tertiary/aromatic N) is 3. The molecule has 2 heterocycles. The molecule has 2 rings (SSSR count). The van der Waals surface area contributed by atoms with Crippen LogP contribution in [0.15, 0.2) is 9.90 Å². The van der Waals surface area contributed by atoms with E-state index >= 15 is 0 Å². The van der Waals surface area contributed by atoms with Crippen LogP contribution >= 0.6 is 11.3 Å². The first-order chi connectivity index (χ1) is 9.15. The van der Waals surface area contributed by atoms with Crippen molar-refractivity contribution in [3.8, 4) is 11.6 Å². The second kappa shape index (κ2) is 6.23. The Kier molecular flexibility index (Phi) is 4.62. The van der Waals surface area contributed by atoms with Gasteiger partial charge in [-0.3, -0.25) is 0 Å². The molecule has 6 nitrogen and oxygen atoms in total. The van der Waals surface area contributed by atoms with Gasteiger partial charge in [0.05, 0.1) is 6.04 Å². The number of aromatic nitrogens is 3. The first-order valence-corrected chi connectivity index (χ1v) is 7.11. The summed E-state index contributed by atoms with van der Waals surface area (Å²) in [7, 11) is 1.65. The van der Waals surface area contributed by atoms with Crippen LogP contribution in [0.5, 0.6) is 0 Å². The van der Waals surface area contributed by atoms with Gasteiger partial charge in [-0.05, 0) is 13.3 Å². The Morgan fingerprint density at radius 3 is 2.84 bits per heavy atom. The highest BCUT2D eigenvalue weighted by Gasteiger charge is 2.19. The highest BCUT2D eigenvalue weighted by Crippen LogP contribution is 2.26. The molecule has 0 fully saturated rings. The molecular weight excluding hydrogens is 264 g/mol. The molecule has 0 aliphatic heterocycles. The van der Waals surface area contributed by atoms with Crippen molar-refractivity contribution in [2.75, 3.05) is 7.11 Å². The van der Waals surface area contributed by atoms with Gasteiger partial charge >= 0.3 is 0 Å². The summed E-state index contributed by atoms with van der Waals surface area (Å²) in [5, 5.41) is 6.68. The molecule has 0 spiro atoms. The zero-order chi connectivity index (χ0) is 13.8. The fourth-order valence-electron chi connectivity index (χ4n) is 1.68. The Bertz CT molecular complexity index is 523. The van der Waals surface area contributed by atoms with Crippen LogP contribution in [0.2, 0.25) is 0 Å². The van der Waals surface area contributed by atoms with Crippen LogP contribution in [0.4, 0.5) is 0 Å². The number of hydrogen-bond acceptors (Lipinski definition) is 7. The summed E-state index contributed by atoms with van der Waals surface area (Å²) >= 11 is 1.49. The summed E-state index contributed by atoms with van der Waals surface area (Å²) in [6.45, 7) is 3.98. The number of ether oxygens (including phenoxy) is 1. The van der Waals surface area contributed by atoms with Gasteiger partial charge in [0.25, 0.3) is 5.89 Å². The maximum atomic E-state index is 5.78. The maximum Gasteiger partial charge on any atom is 0.277 e. The van der Waals surface area contributed by atoms with E-state index < -0.39 is 0 Å². The van der Waals surface area contributed by atoms with E-state index in [1.54, 1.807) is 7.11 Å².